The SMILES string of the molecule is COc1ccccc1C(=O)Nc1cc(C(=O)N2CCCCC2)cn(C)c1=O. The van der Waals surface area contributed by atoms with Crippen molar-refractivity contribution in [3.63, 3.8) is 0 Å². The third-order valence-electron chi connectivity index (χ3n) is 4.67. The van der Waals surface area contributed by atoms with Gasteiger partial charge in [-0.2, -0.15) is 0 Å². The number of benzene rings is 1. The molecule has 7 nitrogen and oxygen atoms in total. The molecule has 0 atom stereocenters. The number of likely N-dealkylation sites (tertiary alicyclic amines) is 1. The zero-order chi connectivity index (χ0) is 19.4. The summed E-state index contributed by atoms with van der Waals surface area (Å²) in [6.07, 6.45) is 4.60. The maximum Gasteiger partial charge on any atom is 0.274 e. The van der Waals surface area contributed by atoms with Crippen molar-refractivity contribution in [3.05, 3.63) is 58.0 Å². The van der Waals surface area contributed by atoms with Gasteiger partial charge >= 0.3 is 0 Å². The molecular weight excluding hydrogens is 346 g/mol. The van der Waals surface area contributed by atoms with E-state index in [4.69, 9.17) is 4.74 Å². The number of carbonyl (C=O) groups excluding carboxylic acids is 2. The average molecular weight is 369 g/mol. The van der Waals surface area contributed by atoms with Gasteiger partial charge in [-0.1, -0.05) is 12.1 Å². The van der Waals surface area contributed by atoms with Crippen LogP contribution in [0.25, 0.3) is 0 Å². The largest absolute Gasteiger partial charge is 0.496 e. The van der Waals surface area contributed by atoms with Crippen LogP contribution in [0.5, 0.6) is 5.75 Å². The van der Waals surface area contributed by atoms with Crippen LogP contribution in [0.4, 0.5) is 5.69 Å². The van der Waals surface area contributed by atoms with Crippen LogP contribution in [-0.2, 0) is 7.05 Å². The molecular formula is C20H23N3O4. The molecule has 1 saturated heterocycles. The lowest BCUT2D eigenvalue weighted by Crippen LogP contribution is -2.36. The van der Waals surface area contributed by atoms with Crippen LogP contribution in [0.2, 0.25) is 0 Å². The van der Waals surface area contributed by atoms with Gasteiger partial charge in [0.25, 0.3) is 17.4 Å². The fourth-order valence-electron chi connectivity index (χ4n) is 3.22. The highest BCUT2D eigenvalue weighted by Gasteiger charge is 2.21. The van der Waals surface area contributed by atoms with Gasteiger partial charge in [0.15, 0.2) is 0 Å². The highest BCUT2D eigenvalue weighted by atomic mass is 16.5. The maximum absolute atomic E-state index is 12.7. The van der Waals surface area contributed by atoms with Crippen molar-refractivity contribution in [2.45, 2.75) is 19.3 Å². The predicted molar refractivity (Wildman–Crippen MR) is 102 cm³/mol. The molecule has 1 fully saturated rings. The molecule has 0 spiro atoms. The molecule has 7 heteroatoms. The number of amides is 2. The van der Waals surface area contributed by atoms with Crippen LogP contribution in [-0.4, -0.2) is 41.5 Å². The molecule has 0 unspecified atom stereocenters. The van der Waals surface area contributed by atoms with E-state index in [0.717, 1.165) is 19.3 Å². The Morgan fingerprint density at radius 2 is 1.81 bits per heavy atom. The van der Waals surface area contributed by atoms with Gasteiger partial charge in [-0.15, -0.1) is 0 Å². The Bertz CT molecular complexity index is 914. The number of methoxy groups -OCH3 is 1. The summed E-state index contributed by atoms with van der Waals surface area (Å²) in [5.41, 5.74) is 0.383. The molecule has 2 heterocycles. The molecule has 3 rings (SSSR count). The van der Waals surface area contributed by atoms with Gasteiger partial charge in [0.05, 0.1) is 18.2 Å². The highest BCUT2D eigenvalue weighted by molar-refractivity contribution is 6.06. The topological polar surface area (TPSA) is 80.6 Å². The minimum Gasteiger partial charge on any atom is -0.496 e. The molecule has 1 aliphatic heterocycles. The zero-order valence-electron chi connectivity index (χ0n) is 15.5. The number of ether oxygens (including phenoxy) is 1. The molecule has 0 radical (unpaired) electrons. The summed E-state index contributed by atoms with van der Waals surface area (Å²) in [5.74, 6) is -0.183. The van der Waals surface area contributed by atoms with Crippen LogP contribution in [0, 0.1) is 0 Å². The van der Waals surface area contributed by atoms with E-state index in [1.807, 2.05) is 0 Å². The van der Waals surface area contributed by atoms with E-state index in [0.29, 0.717) is 30.0 Å². The number of rotatable bonds is 4. The minimum absolute atomic E-state index is 0.0660. The Hall–Kier alpha value is -3.09. The van der Waals surface area contributed by atoms with Crippen LogP contribution in [0.15, 0.2) is 41.3 Å². The Kier molecular flexibility index (Phi) is 5.59. The Balaban J connectivity index is 1.89. The molecule has 1 N–H and O–H groups in total. The van der Waals surface area contributed by atoms with Gasteiger partial charge in [0.2, 0.25) is 0 Å². The monoisotopic (exact) mass is 369 g/mol. The first-order chi connectivity index (χ1) is 13.0. The van der Waals surface area contributed by atoms with Crippen LogP contribution in [0.1, 0.15) is 40.0 Å². The van der Waals surface area contributed by atoms with E-state index in [-0.39, 0.29) is 17.2 Å². The molecule has 1 aromatic carbocycles. The molecule has 0 saturated carbocycles. The number of piperidine rings is 1. The molecule has 1 aliphatic rings. The van der Waals surface area contributed by atoms with Crippen LogP contribution in [0.3, 0.4) is 0 Å². The summed E-state index contributed by atoms with van der Waals surface area (Å²) < 4.78 is 6.51. The average Bonchev–Trinajstić information content (AvgIpc) is 2.71. The van der Waals surface area contributed by atoms with Crippen molar-refractivity contribution in [3.8, 4) is 5.75 Å². The van der Waals surface area contributed by atoms with Gasteiger partial charge < -0.3 is 19.5 Å². The quantitative estimate of drug-likeness (QED) is 0.897. The second-order valence-corrected chi connectivity index (χ2v) is 6.57. The predicted octanol–water partition coefficient (Wildman–Crippen LogP) is 2.27. The van der Waals surface area contributed by atoms with Gasteiger partial charge in [-0.25, -0.2) is 0 Å². The summed E-state index contributed by atoms with van der Waals surface area (Å²) in [7, 11) is 3.04. The van der Waals surface area contributed by atoms with Gasteiger partial charge in [0.1, 0.15) is 11.4 Å². The molecule has 0 aliphatic carbocycles. The van der Waals surface area contributed by atoms with E-state index < -0.39 is 5.91 Å². The number of aromatic nitrogens is 1. The first-order valence-corrected chi connectivity index (χ1v) is 8.95. The number of anilines is 1. The molecule has 1 aromatic heterocycles. The lowest BCUT2D eigenvalue weighted by Gasteiger charge is -2.27. The number of pyridine rings is 1. The van der Waals surface area contributed by atoms with Gasteiger partial charge in [-0.3, -0.25) is 14.4 Å². The van der Waals surface area contributed by atoms with Crippen molar-refractivity contribution >= 4 is 17.5 Å². The lowest BCUT2D eigenvalue weighted by atomic mass is 10.1. The third kappa shape index (κ3) is 4.02. The highest BCUT2D eigenvalue weighted by Crippen LogP contribution is 2.19. The molecule has 27 heavy (non-hydrogen) atoms. The Morgan fingerprint density at radius 1 is 1.11 bits per heavy atom. The smallest absolute Gasteiger partial charge is 0.274 e. The second-order valence-electron chi connectivity index (χ2n) is 6.57. The Morgan fingerprint density at radius 3 is 2.52 bits per heavy atom. The van der Waals surface area contributed by atoms with E-state index in [2.05, 4.69) is 5.32 Å². The molecule has 2 amide bonds. The molecule has 2 aromatic rings. The molecule has 0 bridgehead atoms. The number of hydrogen-bond acceptors (Lipinski definition) is 4. The van der Waals surface area contributed by atoms with Crippen LogP contribution < -0.4 is 15.6 Å². The van der Waals surface area contributed by atoms with E-state index in [9.17, 15) is 14.4 Å². The number of hydrogen-bond donors (Lipinski definition) is 1. The fourth-order valence-corrected chi connectivity index (χ4v) is 3.22. The van der Waals surface area contributed by atoms with Crippen molar-refractivity contribution < 1.29 is 14.3 Å². The second kappa shape index (κ2) is 8.07. The van der Waals surface area contributed by atoms with Crippen molar-refractivity contribution in [2.24, 2.45) is 7.05 Å². The zero-order valence-corrected chi connectivity index (χ0v) is 15.5. The van der Waals surface area contributed by atoms with Crippen molar-refractivity contribution in [1.29, 1.82) is 0 Å². The number of nitrogens with zero attached hydrogens (tertiary/aromatic N) is 2. The lowest BCUT2D eigenvalue weighted by molar-refractivity contribution is 0.0723. The van der Waals surface area contributed by atoms with Crippen LogP contribution >= 0.6 is 0 Å². The number of nitrogens with one attached hydrogen (secondary N) is 1. The standard InChI is InChI=1S/C20H23N3O4/c1-22-13-14(19(25)23-10-6-3-7-11-23)12-16(20(22)26)21-18(24)15-8-4-5-9-17(15)27-2/h4-5,8-9,12-13H,3,6-7,10-11H2,1-2H3,(H,21,24). The summed E-state index contributed by atoms with van der Waals surface area (Å²) in [5, 5.41) is 2.62. The van der Waals surface area contributed by atoms with E-state index in [1.165, 1.54) is 23.9 Å². The summed E-state index contributed by atoms with van der Waals surface area (Å²) >= 11 is 0. The fraction of sp³-hybridized carbons (Fsp3) is 0.350. The van der Waals surface area contributed by atoms with E-state index in [1.54, 1.807) is 36.2 Å². The normalized spacial score (nSPS) is 13.9. The number of aryl methyl sites for hydroxylation is 1. The number of para-hydroxylation sites is 1. The van der Waals surface area contributed by atoms with Gasteiger partial charge in [0, 0.05) is 26.3 Å². The Labute approximate surface area is 157 Å². The van der Waals surface area contributed by atoms with Crippen molar-refractivity contribution in [1.82, 2.24) is 9.47 Å². The summed E-state index contributed by atoms with van der Waals surface area (Å²) in [4.78, 5) is 39.6. The first-order valence-electron chi connectivity index (χ1n) is 8.95. The van der Waals surface area contributed by atoms with Gasteiger partial charge in [-0.05, 0) is 37.5 Å². The first kappa shape index (κ1) is 18.7. The maximum atomic E-state index is 12.7. The molecule has 142 valence electrons. The summed E-state index contributed by atoms with van der Waals surface area (Å²) in [6.45, 7) is 1.43. The minimum atomic E-state index is -0.466. The number of carbonyl (C=O) groups is 2. The third-order valence-corrected chi connectivity index (χ3v) is 4.67. The van der Waals surface area contributed by atoms with Crippen molar-refractivity contribution in [2.75, 3.05) is 25.5 Å². The summed E-state index contributed by atoms with van der Waals surface area (Å²) in [6, 6.07) is 8.20. The van der Waals surface area contributed by atoms with E-state index >= 15 is 0 Å².